The number of nitrogens with two attached hydrogens (primary N) is 1. The van der Waals surface area contributed by atoms with Gasteiger partial charge in [0.05, 0.1) is 6.20 Å². The normalized spacial score (nSPS) is 12.2. The Hall–Kier alpha value is -2.04. The van der Waals surface area contributed by atoms with Crippen molar-refractivity contribution in [3.63, 3.8) is 0 Å². The van der Waals surface area contributed by atoms with Crippen LogP contribution in [-0.4, -0.2) is 20.4 Å². The zero-order valence-electron chi connectivity index (χ0n) is 6.75. The summed E-state index contributed by atoms with van der Waals surface area (Å²) < 4.78 is 1.75. The molecule has 0 aromatic carbocycles. The number of imidazole rings is 1. The first-order valence-electron chi connectivity index (χ1n) is 3.73. The van der Waals surface area contributed by atoms with E-state index in [1.807, 2.05) is 18.2 Å². The number of rotatable bonds is 1. The number of pyridine rings is 1. The van der Waals surface area contributed by atoms with Crippen molar-refractivity contribution < 1.29 is 5.21 Å². The molecule has 0 fully saturated rings. The van der Waals surface area contributed by atoms with E-state index in [4.69, 9.17) is 10.9 Å². The Bertz CT molecular complexity index is 460. The standard InChI is InChI=1S/C8H8N4O/c9-8(11-13)6-5-10-7-3-1-2-4-12(6)7/h1-5,13H,(H2,9,11). The highest BCUT2D eigenvalue weighted by Gasteiger charge is 2.05. The van der Waals surface area contributed by atoms with Gasteiger partial charge < -0.3 is 10.9 Å². The highest BCUT2D eigenvalue weighted by molar-refractivity contribution is 5.96. The minimum absolute atomic E-state index is 0.0544. The van der Waals surface area contributed by atoms with E-state index in [1.54, 1.807) is 16.8 Å². The number of aromatic nitrogens is 2. The minimum Gasteiger partial charge on any atom is -0.409 e. The molecule has 2 rings (SSSR count). The average Bonchev–Trinajstić information content (AvgIpc) is 2.60. The topological polar surface area (TPSA) is 75.9 Å². The maximum atomic E-state index is 8.49. The molecule has 2 heterocycles. The molecule has 13 heavy (non-hydrogen) atoms. The summed E-state index contributed by atoms with van der Waals surface area (Å²) in [6.45, 7) is 0. The first kappa shape index (κ1) is 7.60. The molecule has 0 radical (unpaired) electrons. The molecule has 0 spiro atoms. The molecule has 0 bridgehead atoms. The monoisotopic (exact) mass is 176 g/mol. The molecule has 5 nitrogen and oxygen atoms in total. The zero-order valence-corrected chi connectivity index (χ0v) is 6.75. The smallest absolute Gasteiger partial charge is 0.188 e. The number of fused-ring (bicyclic) bond motifs is 1. The van der Waals surface area contributed by atoms with Crippen LogP contribution in [-0.2, 0) is 0 Å². The fraction of sp³-hybridized carbons (Fsp3) is 0. The molecule has 0 aliphatic carbocycles. The highest BCUT2D eigenvalue weighted by atomic mass is 16.4. The van der Waals surface area contributed by atoms with Crippen molar-refractivity contribution in [1.82, 2.24) is 9.38 Å². The van der Waals surface area contributed by atoms with Gasteiger partial charge in [-0.05, 0) is 12.1 Å². The van der Waals surface area contributed by atoms with Gasteiger partial charge in [0.15, 0.2) is 5.84 Å². The minimum atomic E-state index is 0.0544. The lowest BCUT2D eigenvalue weighted by Crippen LogP contribution is -2.15. The second-order valence-electron chi connectivity index (χ2n) is 2.56. The van der Waals surface area contributed by atoms with Crippen molar-refractivity contribution >= 4 is 11.5 Å². The largest absolute Gasteiger partial charge is 0.409 e. The molecule has 2 aromatic heterocycles. The van der Waals surface area contributed by atoms with Crippen LogP contribution in [0.25, 0.3) is 5.65 Å². The van der Waals surface area contributed by atoms with E-state index in [-0.39, 0.29) is 5.84 Å². The van der Waals surface area contributed by atoms with Crippen LogP contribution in [0.5, 0.6) is 0 Å². The Kier molecular flexibility index (Phi) is 1.63. The van der Waals surface area contributed by atoms with Crippen LogP contribution in [0.3, 0.4) is 0 Å². The Morgan fingerprint density at radius 2 is 2.38 bits per heavy atom. The van der Waals surface area contributed by atoms with E-state index < -0.39 is 0 Å². The first-order valence-corrected chi connectivity index (χ1v) is 3.73. The predicted molar refractivity (Wildman–Crippen MR) is 47.7 cm³/mol. The van der Waals surface area contributed by atoms with E-state index in [1.165, 1.54) is 0 Å². The van der Waals surface area contributed by atoms with Crippen LogP contribution in [0.2, 0.25) is 0 Å². The molecule has 66 valence electrons. The summed E-state index contributed by atoms with van der Waals surface area (Å²) in [5.41, 5.74) is 6.79. The molecule has 5 heteroatoms. The van der Waals surface area contributed by atoms with Crippen molar-refractivity contribution in [3.05, 3.63) is 36.3 Å². The van der Waals surface area contributed by atoms with Gasteiger partial charge in [0.25, 0.3) is 0 Å². The fourth-order valence-electron chi connectivity index (χ4n) is 1.17. The molecular weight excluding hydrogens is 168 g/mol. The summed E-state index contributed by atoms with van der Waals surface area (Å²) in [7, 11) is 0. The molecule has 0 saturated carbocycles. The molecule has 2 aromatic rings. The fourth-order valence-corrected chi connectivity index (χ4v) is 1.17. The third kappa shape index (κ3) is 1.10. The van der Waals surface area contributed by atoms with E-state index in [0.29, 0.717) is 5.69 Å². The number of oxime groups is 1. The third-order valence-corrected chi connectivity index (χ3v) is 1.79. The zero-order chi connectivity index (χ0) is 9.26. The number of hydrogen-bond donors (Lipinski definition) is 2. The summed E-state index contributed by atoms with van der Waals surface area (Å²) in [5.74, 6) is 0.0544. The van der Waals surface area contributed by atoms with Gasteiger partial charge in [-0.25, -0.2) is 4.98 Å². The van der Waals surface area contributed by atoms with Gasteiger partial charge in [-0.3, -0.25) is 4.40 Å². The average molecular weight is 176 g/mol. The summed E-state index contributed by atoms with van der Waals surface area (Å²) in [4.78, 5) is 4.08. The third-order valence-electron chi connectivity index (χ3n) is 1.79. The summed E-state index contributed by atoms with van der Waals surface area (Å²) in [5, 5.41) is 11.4. The molecule has 0 aliphatic heterocycles. The van der Waals surface area contributed by atoms with Crippen molar-refractivity contribution in [3.8, 4) is 0 Å². The number of amidine groups is 1. The van der Waals surface area contributed by atoms with Gasteiger partial charge in [-0.1, -0.05) is 11.2 Å². The van der Waals surface area contributed by atoms with Crippen LogP contribution < -0.4 is 5.73 Å². The Balaban J connectivity index is 2.71. The molecule has 0 atom stereocenters. The van der Waals surface area contributed by atoms with Crippen molar-refractivity contribution in [2.24, 2.45) is 10.9 Å². The van der Waals surface area contributed by atoms with Crippen molar-refractivity contribution in [1.29, 1.82) is 0 Å². The second kappa shape index (κ2) is 2.78. The lowest BCUT2D eigenvalue weighted by molar-refractivity contribution is 0.318. The molecule has 0 unspecified atom stereocenters. The molecule has 0 amide bonds. The van der Waals surface area contributed by atoms with Crippen LogP contribution in [0.1, 0.15) is 5.69 Å². The number of hydrogen-bond acceptors (Lipinski definition) is 3. The molecule has 0 aliphatic rings. The Morgan fingerprint density at radius 1 is 1.54 bits per heavy atom. The maximum Gasteiger partial charge on any atom is 0.188 e. The van der Waals surface area contributed by atoms with E-state index in [2.05, 4.69) is 10.1 Å². The van der Waals surface area contributed by atoms with Gasteiger partial charge in [0.1, 0.15) is 11.3 Å². The summed E-state index contributed by atoms with van der Waals surface area (Å²) in [6.07, 6.45) is 3.36. The van der Waals surface area contributed by atoms with Crippen molar-refractivity contribution in [2.75, 3.05) is 0 Å². The first-order chi connectivity index (χ1) is 6.33. The van der Waals surface area contributed by atoms with Crippen LogP contribution >= 0.6 is 0 Å². The quantitative estimate of drug-likeness (QED) is 0.286. The summed E-state index contributed by atoms with van der Waals surface area (Å²) in [6, 6.07) is 5.56. The van der Waals surface area contributed by atoms with Crippen LogP contribution in [0.4, 0.5) is 0 Å². The van der Waals surface area contributed by atoms with E-state index in [9.17, 15) is 0 Å². The SMILES string of the molecule is N/C(=N/O)c1cnc2ccccn12. The Morgan fingerprint density at radius 3 is 3.15 bits per heavy atom. The van der Waals surface area contributed by atoms with Crippen LogP contribution in [0, 0.1) is 0 Å². The van der Waals surface area contributed by atoms with Gasteiger partial charge in [-0.2, -0.15) is 0 Å². The van der Waals surface area contributed by atoms with E-state index in [0.717, 1.165) is 5.65 Å². The highest BCUT2D eigenvalue weighted by Crippen LogP contribution is 2.04. The van der Waals surface area contributed by atoms with Crippen molar-refractivity contribution in [2.45, 2.75) is 0 Å². The molecular formula is C8H8N4O. The van der Waals surface area contributed by atoms with Crippen LogP contribution in [0.15, 0.2) is 35.7 Å². The van der Waals surface area contributed by atoms with Gasteiger partial charge >= 0.3 is 0 Å². The summed E-state index contributed by atoms with van der Waals surface area (Å²) >= 11 is 0. The van der Waals surface area contributed by atoms with Gasteiger partial charge in [0, 0.05) is 6.20 Å². The molecule has 3 N–H and O–H groups in total. The molecule has 0 saturated heterocycles. The van der Waals surface area contributed by atoms with Gasteiger partial charge in [0.2, 0.25) is 0 Å². The Labute approximate surface area is 74.1 Å². The maximum absolute atomic E-state index is 8.49. The second-order valence-corrected chi connectivity index (χ2v) is 2.56. The predicted octanol–water partition coefficient (Wildman–Crippen LogP) is 0.429. The van der Waals surface area contributed by atoms with E-state index >= 15 is 0 Å². The lowest BCUT2D eigenvalue weighted by atomic mass is 10.4. The van der Waals surface area contributed by atoms with Gasteiger partial charge in [-0.15, -0.1) is 0 Å². The lowest BCUT2D eigenvalue weighted by Gasteiger charge is -1.97. The number of nitrogens with zero attached hydrogens (tertiary/aromatic N) is 3.